The Morgan fingerprint density at radius 1 is 1.22 bits per heavy atom. The Labute approximate surface area is 210 Å². The Morgan fingerprint density at radius 3 is 2.25 bits per heavy atom. The number of aryl methyl sites for hydroxylation is 1. The zero-order valence-electron chi connectivity index (χ0n) is 20.4. The molecule has 0 spiro atoms. The highest BCUT2D eigenvalue weighted by Crippen LogP contribution is 2.22. The van der Waals surface area contributed by atoms with Gasteiger partial charge in [0.15, 0.2) is 0 Å². The minimum atomic E-state index is -0.250. The van der Waals surface area contributed by atoms with Gasteiger partial charge in [-0.2, -0.15) is 0 Å². The van der Waals surface area contributed by atoms with Gasteiger partial charge in [0.2, 0.25) is 0 Å². The van der Waals surface area contributed by atoms with Crippen LogP contribution >= 0.6 is 34.8 Å². The largest absolute Gasteiger partial charge is 0.483 e. The summed E-state index contributed by atoms with van der Waals surface area (Å²) >= 11 is 17.5. The van der Waals surface area contributed by atoms with Crippen LogP contribution in [0.3, 0.4) is 0 Å². The second-order valence-electron chi connectivity index (χ2n) is 8.84. The van der Waals surface area contributed by atoms with E-state index in [0.717, 1.165) is 40.3 Å². The van der Waals surface area contributed by atoms with Gasteiger partial charge in [0.1, 0.15) is 0 Å². The molecule has 2 unspecified atom stereocenters. The Bertz CT molecular complexity index is 732. The SMILES string of the molecule is CC(C)CN1CCC(C)C1.CC1=CC=C(C)C(Cl)C1.CCc1cc(Cl)ccc1Cl.O=CO. The lowest BCUT2D eigenvalue weighted by Gasteiger charge is -2.17. The third-order valence-corrected chi connectivity index (χ3v) is 6.25. The molecule has 32 heavy (non-hydrogen) atoms. The first-order valence-electron chi connectivity index (χ1n) is 11.3. The van der Waals surface area contributed by atoms with Crippen LogP contribution in [0.1, 0.15) is 59.9 Å². The number of hydrogen-bond donors (Lipinski definition) is 1. The van der Waals surface area contributed by atoms with Crippen molar-refractivity contribution in [2.75, 3.05) is 19.6 Å². The van der Waals surface area contributed by atoms with E-state index >= 15 is 0 Å². The van der Waals surface area contributed by atoms with Gasteiger partial charge in [0.05, 0.1) is 5.38 Å². The van der Waals surface area contributed by atoms with Crippen LogP contribution in [0.2, 0.25) is 10.0 Å². The number of halogens is 3. The third kappa shape index (κ3) is 14.2. The Hall–Kier alpha value is -1.00. The molecule has 1 saturated heterocycles. The molecule has 0 radical (unpaired) electrons. The molecular weight excluding hydrogens is 465 g/mol. The fourth-order valence-corrected chi connectivity index (χ4v) is 4.17. The minimum absolute atomic E-state index is 0.245. The third-order valence-electron chi connectivity index (χ3n) is 5.15. The second kappa shape index (κ2) is 17.5. The molecule has 1 aliphatic heterocycles. The molecule has 182 valence electrons. The van der Waals surface area contributed by atoms with Crippen molar-refractivity contribution >= 4 is 41.3 Å². The average Bonchev–Trinajstić information content (AvgIpc) is 3.12. The molecule has 2 atom stereocenters. The first kappa shape index (κ1) is 31.0. The normalized spacial score (nSPS) is 19.9. The zero-order chi connectivity index (χ0) is 24.7. The molecule has 1 aromatic rings. The summed E-state index contributed by atoms with van der Waals surface area (Å²) in [6.07, 6.45) is 7.58. The van der Waals surface area contributed by atoms with Crippen LogP contribution in [0, 0.1) is 11.8 Å². The molecular formula is C26H40Cl3NO2. The number of benzene rings is 1. The molecule has 2 aliphatic rings. The van der Waals surface area contributed by atoms with Crippen molar-refractivity contribution in [2.45, 2.75) is 66.2 Å². The fourth-order valence-electron chi connectivity index (χ4n) is 3.41. The van der Waals surface area contributed by atoms with Crippen molar-refractivity contribution in [3.05, 3.63) is 57.1 Å². The molecule has 0 amide bonds. The van der Waals surface area contributed by atoms with Crippen LogP contribution in [0.4, 0.5) is 0 Å². The van der Waals surface area contributed by atoms with Gasteiger partial charge in [-0.1, -0.05) is 74.2 Å². The van der Waals surface area contributed by atoms with Crippen LogP contribution in [-0.2, 0) is 11.2 Å². The van der Waals surface area contributed by atoms with Crippen LogP contribution < -0.4 is 0 Å². The first-order chi connectivity index (χ1) is 15.0. The number of hydrogen-bond acceptors (Lipinski definition) is 2. The maximum absolute atomic E-state index is 8.36. The maximum atomic E-state index is 8.36. The van der Waals surface area contributed by atoms with Crippen LogP contribution in [-0.4, -0.2) is 41.5 Å². The summed E-state index contributed by atoms with van der Waals surface area (Å²) in [6, 6.07) is 5.51. The monoisotopic (exact) mass is 503 g/mol. The van der Waals surface area contributed by atoms with E-state index in [1.807, 2.05) is 12.1 Å². The Morgan fingerprint density at radius 2 is 1.84 bits per heavy atom. The van der Waals surface area contributed by atoms with Gasteiger partial charge in [-0.15, -0.1) is 11.6 Å². The van der Waals surface area contributed by atoms with Gasteiger partial charge in [-0.05, 0) is 75.3 Å². The summed E-state index contributed by atoms with van der Waals surface area (Å²) in [5, 5.41) is 8.68. The lowest BCUT2D eigenvalue weighted by Crippen LogP contribution is -2.24. The van der Waals surface area contributed by atoms with E-state index in [-0.39, 0.29) is 11.8 Å². The molecule has 3 rings (SSSR count). The van der Waals surface area contributed by atoms with E-state index in [0.29, 0.717) is 0 Å². The predicted octanol–water partition coefficient (Wildman–Crippen LogP) is 8.13. The lowest BCUT2D eigenvalue weighted by molar-refractivity contribution is -0.122. The summed E-state index contributed by atoms with van der Waals surface area (Å²) in [5.41, 5.74) is 3.76. The lowest BCUT2D eigenvalue weighted by atomic mass is 10.0. The molecule has 1 fully saturated rings. The number of carboxylic acid groups (broad SMARTS) is 1. The van der Waals surface area contributed by atoms with Crippen LogP contribution in [0.25, 0.3) is 0 Å². The Kier molecular flexibility index (Phi) is 16.9. The van der Waals surface area contributed by atoms with E-state index in [1.54, 1.807) is 6.07 Å². The second-order valence-corrected chi connectivity index (χ2v) is 10.2. The summed E-state index contributed by atoms with van der Waals surface area (Å²) < 4.78 is 0. The molecule has 0 aromatic heterocycles. The number of alkyl halides is 1. The molecule has 0 saturated carbocycles. The van der Waals surface area contributed by atoms with E-state index in [9.17, 15) is 0 Å². The van der Waals surface area contributed by atoms with Crippen LogP contribution in [0.15, 0.2) is 41.5 Å². The highest BCUT2D eigenvalue weighted by molar-refractivity contribution is 6.33. The zero-order valence-corrected chi connectivity index (χ0v) is 22.6. The standard InChI is InChI=1S/C9H19N.C8H8Cl2.C8H11Cl.CH2O2/c1-8(2)6-10-5-4-9(3)7-10;1-2-6-5-7(9)3-4-8(6)10;1-6-3-4-7(2)8(9)5-6;2-1-3/h8-9H,4-7H2,1-3H3;3-5H,2H2,1H3;3-4,8H,5H2,1-2H3;1H,(H,2,3). The van der Waals surface area contributed by atoms with Crippen molar-refractivity contribution in [1.82, 2.24) is 4.90 Å². The fraction of sp³-hybridized carbons (Fsp3) is 0.577. The predicted molar refractivity (Wildman–Crippen MR) is 141 cm³/mol. The van der Waals surface area contributed by atoms with Gasteiger partial charge in [-0.3, -0.25) is 4.79 Å². The highest BCUT2D eigenvalue weighted by Gasteiger charge is 2.18. The van der Waals surface area contributed by atoms with Crippen molar-refractivity contribution in [3.63, 3.8) is 0 Å². The molecule has 0 bridgehead atoms. The number of allylic oxidation sites excluding steroid dienone is 4. The van der Waals surface area contributed by atoms with Gasteiger partial charge in [-0.25, -0.2) is 0 Å². The van der Waals surface area contributed by atoms with Crippen molar-refractivity contribution in [3.8, 4) is 0 Å². The smallest absolute Gasteiger partial charge is 0.290 e. The summed E-state index contributed by atoms with van der Waals surface area (Å²) in [5.74, 6) is 1.78. The quantitative estimate of drug-likeness (QED) is 0.333. The van der Waals surface area contributed by atoms with Crippen molar-refractivity contribution in [1.29, 1.82) is 0 Å². The summed E-state index contributed by atoms with van der Waals surface area (Å²) in [7, 11) is 0. The maximum Gasteiger partial charge on any atom is 0.290 e. The number of nitrogens with zero attached hydrogens (tertiary/aromatic N) is 1. The van der Waals surface area contributed by atoms with Crippen molar-refractivity contribution in [2.24, 2.45) is 11.8 Å². The molecule has 6 heteroatoms. The van der Waals surface area contributed by atoms with Crippen molar-refractivity contribution < 1.29 is 9.90 Å². The first-order valence-corrected chi connectivity index (χ1v) is 12.4. The molecule has 3 nitrogen and oxygen atoms in total. The molecule has 1 aromatic carbocycles. The number of rotatable bonds is 3. The van der Waals surface area contributed by atoms with E-state index < -0.39 is 0 Å². The molecule has 1 N–H and O–H groups in total. The minimum Gasteiger partial charge on any atom is -0.483 e. The summed E-state index contributed by atoms with van der Waals surface area (Å²) in [4.78, 5) is 10.9. The van der Waals surface area contributed by atoms with Gasteiger partial charge < -0.3 is 10.0 Å². The van der Waals surface area contributed by atoms with Gasteiger partial charge in [0.25, 0.3) is 6.47 Å². The van der Waals surface area contributed by atoms with Crippen LogP contribution in [0.5, 0.6) is 0 Å². The molecule has 1 aliphatic carbocycles. The van der Waals surface area contributed by atoms with Gasteiger partial charge >= 0.3 is 0 Å². The van der Waals surface area contributed by atoms with E-state index in [4.69, 9.17) is 44.7 Å². The number of carbonyl (C=O) groups is 1. The van der Waals surface area contributed by atoms with E-state index in [2.05, 4.69) is 58.6 Å². The van der Waals surface area contributed by atoms with Gasteiger partial charge in [0, 0.05) is 23.1 Å². The summed E-state index contributed by atoms with van der Waals surface area (Å²) in [6.45, 7) is 16.9. The Balaban J connectivity index is 0.000000425. The molecule has 1 heterocycles. The topological polar surface area (TPSA) is 40.5 Å². The highest BCUT2D eigenvalue weighted by atomic mass is 35.5. The average molecular weight is 505 g/mol. The number of likely N-dealkylation sites (tertiary alicyclic amines) is 1. The van der Waals surface area contributed by atoms with E-state index in [1.165, 1.54) is 37.2 Å².